The number of amides is 3. The SMILES string of the molecule is CC1(c2ccco2)NC(=O)N(Cc2ccccc2F)C1=O. The van der Waals surface area contributed by atoms with E-state index in [2.05, 4.69) is 5.32 Å². The molecular formula is C15H13FN2O3. The van der Waals surface area contributed by atoms with Gasteiger partial charge in [-0.2, -0.15) is 0 Å². The smallest absolute Gasteiger partial charge is 0.325 e. The number of hydrogen-bond donors (Lipinski definition) is 1. The summed E-state index contributed by atoms with van der Waals surface area (Å²) in [4.78, 5) is 25.5. The van der Waals surface area contributed by atoms with Gasteiger partial charge in [0, 0.05) is 5.56 Å². The van der Waals surface area contributed by atoms with Gasteiger partial charge >= 0.3 is 6.03 Å². The highest BCUT2D eigenvalue weighted by molar-refractivity contribution is 6.06. The Kier molecular flexibility index (Phi) is 3.01. The number of rotatable bonds is 3. The molecule has 0 spiro atoms. The highest BCUT2D eigenvalue weighted by Crippen LogP contribution is 2.30. The molecule has 1 aliphatic rings. The van der Waals surface area contributed by atoms with Gasteiger partial charge in [0.05, 0.1) is 12.8 Å². The Labute approximate surface area is 120 Å². The Hall–Kier alpha value is -2.63. The van der Waals surface area contributed by atoms with Crippen molar-refractivity contribution in [1.29, 1.82) is 0 Å². The zero-order valence-corrected chi connectivity index (χ0v) is 11.3. The van der Waals surface area contributed by atoms with Crippen LogP contribution in [0.1, 0.15) is 18.2 Å². The molecule has 1 fully saturated rings. The topological polar surface area (TPSA) is 62.6 Å². The van der Waals surface area contributed by atoms with Crippen LogP contribution in [0.5, 0.6) is 0 Å². The van der Waals surface area contributed by atoms with Gasteiger partial charge < -0.3 is 9.73 Å². The van der Waals surface area contributed by atoms with Gasteiger partial charge in [-0.1, -0.05) is 18.2 Å². The Bertz CT molecular complexity index is 699. The van der Waals surface area contributed by atoms with Crippen LogP contribution in [0.25, 0.3) is 0 Å². The Morgan fingerprint density at radius 1 is 1.24 bits per heavy atom. The van der Waals surface area contributed by atoms with Crippen LogP contribution in [0.15, 0.2) is 47.1 Å². The molecule has 1 atom stereocenters. The van der Waals surface area contributed by atoms with Crippen molar-refractivity contribution < 1.29 is 18.4 Å². The number of carbonyl (C=O) groups is 2. The van der Waals surface area contributed by atoms with Crippen LogP contribution in [0.3, 0.4) is 0 Å². The molecule has 21 heavy (non-hydrogen) atoms. The fourth-order valence-electron chi connectivity index (χ4n) is 2.37. The summed E-state index contributed by atoms with van der Waals surface area (Å²) in [5.74, 6) is -0.577. The number of carbonyl (C=O) groups excluding carboxylic acids is 2. The van der Waals surface area contributed by atoms with Gasteiger partial charge in [-0.25, -0.2) is 9.18 Å². The Morgan fingerprint density at radius 2 is 2.00 bits per heavy atom. The van der Waals surface area contributed by atoms with E-state index in [4.69, 9.17) is 4.42 Å². The lowest BCUT2D eigenvalue weighted by atomic mass is 9.99. The summed E-state index contributed by atoms with van der Waals surface area (Å²) in [6, 6.07) is 8.73. The highest BCUT2D eigenvalue weighted by Gasteiger charge is 2.50. The third kappa shape index (κ3) is 2.08. The summed E-state index contributed by atoms with van der Waals surface area (Å²) in [5.41, 5.74) is -0.976. The third-order valence-electron chi connectivity index (χ3n) is 3.58. The number of urea groups is 1. The van der Waals surface area contributed by atoms with E-state index < -0.39 is 23.3 Å². The normalized spacial score (nSPS) is 21.7. The number of halogens is 1. The summed E-state index contributed by atoms with van der Waals surface area (Å²) in [6.45, 7) is 1.45. The van der Waals surface area contributed by atoms with Crippen molar-refractivity contribution in [2.24, 2.45) is 0 Å². The second-order valence-corrected chi connectivity index (χ2v) is 5.02. The van der Waals surface area contributed by atoms with Crippen LogP contribution >= 0.6 is 0 Å². The first-order valence-electron chi connectivity index (χ1n) is 6.44. The van der Waals surface area contributed by atoms with Gasteiger partial charge in [-0.05, 0) is 25.1 Å². The molecular weight excluding hydrogens is 275 g/mol. The van der Waals surface area contributed by atoms with Gasteiger partial charge in [0.2, 0.25) is 0 Å². The minimum atomic E-state index is -1.26. The lowest BCUT2D eigenvalue weighted by Gasteiger charge is -2.19. The molecule has 0 radical (unpaired) electrons. The molecule has 5 nitrogen and oxygen atoms in total. The van der Waals surface area contributed by atoms with E-state index in [1.807, 2.05) is 0 Å². The molecule has 1 aromatic heterocycles. The Morgan fingerprint density at radius 3 is 2.67 bits per heavy atom. The molecule has 2 heterocycles. The number of imide groups is 1. The average Bonchev–Trinajstić information content (AvgIpc) is 3.06. The van der Waals surface area contributed by atoms with Gasteiger partial charge in [-0.15, -0.1) is 0 Å². The first-order valence-corrected chi connectivity index (χ1v) is 6.44. The molecule has 1 aliphatic heterocycles. The maximum Gasteiger partial charge on any atom is 0.325 e. The van der Waals surface area contributed by atoms with E-state index in [0.29, 0.717) is 5.76 Å². The summed E-state index contributed by atoms with van der Waals surface area (Å²) >= 11 is 0. The van der Waals surface area contributed by atoms with Crippen LogP contribution in [0, 0.1) is 5.82 Å². The molecule has 0 aliphatic carbocycles. The summed E-state index contributed by atoms with van der Waals surface area (Å²) in [6.07, 6.45) is 1.43. The molecule has 1 aromatic carbocycles. The van der Waals surface area contributed by atoms with E-state index in [9.17, 15) is 14.0 Å². The second-order valence-electron chi connectivity index (χ2n) is 5.02. The van der Waals surface area contributed by atoms with E-state index in [0.717, 1.165) is 4.90 Å². The van der Waals surface area contributed by atoms with Gasteiger partial charge in [0.1, 0.15) is 11.6 Å². The molecule has 1 unspecified atom stereocenters. The number of nitrogens with one attached hydrogen (secondary N) is 1. The van der Waals surface area contributed by atoms with Crippen molar-refractivity contribution in [3.8, 4) is 0 Å². The molecule has 1 N–H and O–H groups in total. The molecule has 108 valence electrons. The van der Waals surface area contributed by atoms with E-state index in [1.165, 1.54) is 12.3 Å². The van der Waals surface area contributed by atoms with Crippen LogP contribution < -0.4 is 5.32 Å². The van der Waals surface area contributed by atoms with E-state index >= 15 is 0 Å². The van der Waals surface area contributed by atoms with Crippen molar-refractivity contribution in [3.63, 3.8) is 0 Å². The lowest BCUT2D eigenvalue weighted by Crippen LogP contribution is -2.40. The van der Waals surface area contributed by atoms with Crippen LogP contribution in [-0.2, 0) is 16.9 Å². The zero-order chi connectivity index (χ0) is 15.0. The minimum absolute atomic E-state index is 0.117. The van der Waals surface area contributed by atoms with E-state index in [1.54, 1.807) is 37.3 Å². The first kappa shape index (κ1) is 13.4. The maximum atomic E-state index is 13.7. The number of benzene rings is 1. The Balaban J connectivity index is 1.90. The summed E-state index contributed by atoms with van der Waals surface area (Å²) in [5, 5.41) is 2.59. The number of hydrogen-bond acceptors (Lipinski definition) is 3. The molecule has 2 aromatic rings. The van der Waals surface area contributed by atoms with Gasteiger partial charge in [0.15, 0.2) is 5.54 Å². The van der Waals surface area contributed by atoms with Gasteiger partial charge in [0.25, 0.3) is 5.91 Å². The zero-order valence-electron chi connectivity index (χ0n) is 11.3. The largest absolute Gasteiger partial charge is 0.466 e. The monoisotopic (exact) mass is 288 g/mol. The highest BCUT2D eigenvalue weighted by atomic mass is 19.1. The standard InChI is InChI=1S/C15H13FN2O3/c1-15(12-7-4-8-21-12)13(19)18(14(20)17-15)9-10-5-2-3-6-11(10)16/h2-8H,9H2,1H3,(H,17,20). The second kappa shape index (κ2) is 4.73. The molecule has 3 amide bonds. The van der Waals surface area contributed by atoms with Crippen molar-refractivity contribution in [1.82, 2.24) is 10.2 Å². The number of furan rings is 1. The fraction of sp³-hybridized carbons (Fsp3) is 0.200. The predicted molar refractivity (Wildman–Crippen MR) is 71.5 cm³/mol. The van der Waals surface area contributed by atoms with E-state index in [-0.39, 0.29) is 12.1 Å². The third-order valence-corrected chi connectivity index (χ3v) is 3.58. The maximum absolute atomic E-state index is 13.7. The first-order chi connectivity index (χ1) is 10.0. The van der Waals surface area contributed by atoms with Gasteiger partial charge in [-0.3, -0.25) is 9.69 Å². The average molecular weight is 288 g/mol. The molecule has 0 bridgehead atoms. The fourth-order valence-corrected chi connectivity index (χ4v) is 2.37. The van der Waals surface area contributed by atoms with Crippen LogP contribution in [-0.4, -0.2) is 16.8 Å². The summed E-state index contributed by atoms with van der Waals surface area (Å²) in [7, 11) is 0. The molecule has 3 rings (SSSR count). The van der Waals surface area contributed by atoms with Crippen molar-refractivity contribution in [2.75, 3.05) is 0 Å². The molecule has 6 heteroatoms. The van der Waals surface area contributed by atoms with Crippen molar-refractivity contribution in [2.45, 2.75) is 19.0 Å². The molecule has 0 saturated carbocycles. The summed E-state index contributed by atoms with van der Waals surface area (Å²) < 4.78 is 18.9. The molecule has 1 saturated heterocycles. The van der Waals surface area contributed by atoms with Crippen LogP contribution in [0.2, 0.25) is 0 Å². The quantitative estimate of drug-likeness (QED) is 0.882. The van der Waals surface area contributed by atoms with Crippen molar-refractivity contribution in [3.05, 3.63) is 59.8 Å². The lowest BCUT2D eigenvalue weighted by molar-refractivity contribution is -0.132. The minimum Gasteiger partial charge on any atom is -0.466 e. The van der Waals surface area contributed by atoms with Crippen LogP contribution in [0.4, 0.5) is 9.18 Å². The predicted octanol–water partition coefficient (Wildman–Crippen LogP) is 2.39. The van der Waals surface area contributed by atoms with Crippen molar-refractivity contribution >= 4 is 11.9 Å². The number of nitrogens with zero attached hydrogens (tertiary/aromatic N) is 1.